The molecule has 4 heteroatoms. The van der Waals surface area contributed by atoms with Gasteiger partial charge in [0.25, 0.3) is 0 Å². The molecule has 76 heavy (non-hydrogen) atoms. The molecule has 0 radical (unpaired) electrons. The zero-order valence-corrected chi connectivity index (χ0v) is 41.6. The summed E-state index contributed by atoms with van der Waals surface area (Å²) in [6.45, 7) is 0. The van der Waals surface area contributed by atoms with Gasteiger partial charge in [0.2, 0.25) is 0 Å². The van der Waals surface area contributed by atoms with Crippen LogP contribution in [0.5, 0.6) is 0 Å². The second kappa shape index (κ2) is 16.4. The quantitative estimate of drug-likeness (QED) is 0.160. The van der Waals surface area contributed by atoms with Gasteiger partial charge in [-0.3, -0.25) is 9.13 Å². The molecule has 3 aromatic heterocycles. The van der Waals surface area contributed by atoms with Gasteiger partial charge in [-0.1, -0.05) is 237 Å². The number of para-hydroxylation sites is 2. The van der Waals surface area contributed by atoms with Gasteiger partial charge in [0, 0.05) is 33.7 Å². The molecule has 13 aromatic rings. The number of rotatable bonds is 7. The molecule has 0 fully saturated rings. The van der Waals surface area contributed by atoms with E-state index in [1.54, 1.807) is 0 Å². The van der Waals surface area contributed by atoms with Crippen LogP contribution in [-0.2, 0) is 17.3 Å². The van der Waals surface area contributed by atoms with Crippen LogP contribution in [0, 0.1) is 5.92 Å². The molecule has 0 amide bonds. The molecule has 0 bridgehead atoms. The van der Waals surface area contributed by atoms with Crippen molar-refractivity contribution in [2.45, 2.75) is 17.3 Å². The standard InChI is InChI=1S/C72H48N4/c1-6-24-47(25-7-1)70-73-68(75-64-40-22-18-36-54(64)58-42-62-56(44-66(58)75)52-34-16-20-38-60(52)71(62,48-26-8-2-9-27-48)49-28-10-3-11-29-49)46-69(74-70)76-65-41-23-19-37-55(65)59-43-63-57(45-67(59)76)53-35-17-21-39-61(53)72(63,50-30-12-4-13-31-50)51-32-14-5-15-33-51/h1-42,44-46,63H,43H2. The van der Waals surface area contributed by atoms with Crippen LogP contribution >= 0.6 is 0 Å². The van der Waals surface area contributed by atoms with E-state index >= 15 is 0 Å². The Bertz CT molecular complexity index is 4400. The molecule has 10 aromatic carbocycles. The SMILES string of the molecule is C1=C2c3ccccc3C(c3ccccc3)(c3ccccc3)C2Cc2c1n(-c1cc(-n3c4ccccc4c4cc5c(cc43)-c3ccccc3C5(c3ccccc3)c3ccccc3)nc(-c3ccccc3)n1)c1ccccc21. The lowest BCUT2D eigenvalue weighted by Gasteiger charge is -2.39. The lowest BCUT2D eigenvalue weighted by atomic mass is 9.62. The zero-order chi connectivity index (χ0) is 50.0. The lowest BCUT2D eigenvalue weighted by molar-refractivity contribution is 0.478. The molecule has 0 spiro atoms. The topological polar surface area (TPSA) is 35.6 Å². The van der Waals surface area contributed by atoms with E-state index in [-0.39, 0.29) is 5.92 Å². The fraction of sp³-hybridized carbons (Fsp3) is 0.0556. The van der Waals surface area contributed by atoms with Crippen molar-refractivity contribution in [2.75, 3.05) is 0 Å². The van der Waals surface area contributed by atoms with Gasteiger partial charge in [0.15, 0.2) is 5.82 Å². The smallest absolute Gasteiger partial charge is 0.163 e. The van der Waals surface area contributed by atoms with E-state index in [1.807, 2.05) is 0 Å². The average molecular weight is 969 g/mol. The minimum absolute atomic E-state index is 0.147. The molecule has 0 saturated carbocycles. The Labute approximate surface area is 441 Å². The van der Waals surface area contributed by atoms with Gasteiger partial charge >= 0.3 is 0 Å². The Balaban J connectivity index is 0.964. The number of hydrogen-bond acceptors (Lipinski definition) is 2. The predicted octanol–water partition coefficient (Wildman–Crippen LogP) is 16.6. The molecule has 3 heterocycles. The number of aromatic nitrogens is 4. The second-order valence-corrected chi connectivity index (χ2v) is 20.7. The summed E-state index contributed by atoms with van der Waals surface area (Å²) in [4.78, 5) is 11.2. The highest BCUT2D eigenvalue weighted by atomic mass is 15.1. The highest BCUT2D eigenvalue weighted by Gasteiger charge is 2.53. The van der Waals surface area contributed by atoms with Crippen LogP contribution in [0.1, 0.15) is 55.8 Å². The highest BCUT2D eigenvalue weighted by molar-refractivity contribution is 6.12. The third kappa shape index (κ3) is 5.84. The molecule has 3 aliphatic carbocycles. The van der Waals surface area contributed by atoms with Crippen molar-refractivity contribution in [3.8, 4) is 34.2 Å². The van der Waals surface area contributed by atoms with Crippen LogP contribution in [-0.4, -0.2) is 19.1 Å². The normalized spacial score (nSPS) is 15.5. The van der Waals surface area contributed by atoms with Gasteiger partial charge in [0.1, 0.15) is 11.6 Å². The minimum Gasteiger partial charge on any atom is -0.294 e. The summed E-state index contributed by atoms with van der Waals surface area (Å²) < 4.78 is 4.82. The Hall–Kier alpha value is -9.64. The molecule has 3 aliphatic rings. The number of hydrogen-bond donors (Lipinski definition) is 0. The predicted molar refractivity (Wildman–Crippen MR) is 310 cm³/mol. The number of nitrogens with zero attached hydrogens (tertiary/aromatic N) is 4. The molecule has 16 rings (SSSR count). The summed E-state index contributed by atoms with van der Waals surface area (Å²) in [7, 11) is 0. The van der Waals surface area contributed by atoms with Crippen LogP contribution in [0.25, 0.3) is 78.5 Å². The average Bonchev–Trinajstić information content (AvgIpc) is 4.40. The van der Waals surface area contributed by atoms with Crippen molar-refractivity contribution in [1.29, 1.82) is 0 Å². The van der Waals surface area contributed by atoms with Crippen molar-refractivity contribution in [1.82, 2.24) is 19.1 Å². The van der Waals surface area contributed by atoms with E-state index in [0.717, 1.165) is 45.9 Å². The van der Waals surface area contributed by atoms with Crippen LogP contribution in [0.3, 0.4) is 0 Å². The maximum absolute atomic E-state index is 5.61. The van der Waals surface area contributed by atoms with Gasteiger partial charge < -0.3 is 0 Å². The summed E-state index contributed by atoms with van der Waals surface area (Å²) in [5.74, 6) is 2.45. The minimum atomic E-state index is -0.530. The molecule has 4 nitrogen and oxygen atoms in total. The van der Waals surface area contributed by atoms with Crippen LogP contribution < -0.4 is 0 Å². The third-order valence-corrected chi connectivity index (χ3v) is 17.2. The van der Waals surface area contributed by atoms with Crippen LogP contribution in [0.4, 0.5) is 0 Å². The van der Waals surface area contributed by atoms with Crippen molar-refractivity contribution in [3.05, 3.63) is 323 Å². The molecule has 0 saturated heterocycles. The third-order valence-electron chi connectivity index (χ3n) is 17.2. The van der Waals surface area contributed by atoms with Gasteiger partial charge in [-0.25, -0.2) is 9.97 Å². The first-order chi connectivity index (χ1) is 37.7. The van der Waals surface area contributed by atoms with Crippen molar-refractivity contribution in [3.63, 3.8) is 0 Å². The fourth-order valence-electron chi connectivity index (χ4n) is 14.2. The summed E-state index contributed by atoms with van der Waals surface area (Å²) >= 11 is 0. The van der Waals surface area contributed by atoms with E-state index in [9.17, 15) is 0 Å². The first-order valence-corrected chi connectivity index (χ1v) is 26.5. The van der Waals surface area contributed by atoms with E-state index in [0.29, 0.717) is 5.82 Å². The monoisotopic (exact) mass is 968 g/mol. The summed E-state index contributed by atoms with van der Waals surface area (Å²) in [6, 6.07) is 98.2. The molecule has 1 atom stereocenters. The fourth-order valence-corrected chi connectivity index (χ4v) is 14.2. The lowest BCUT2D eigenvalue weighted by Crippen LogP contribution is -2.36. The highest BCUT2D eigenvalue weighted by Crippen LogP contribution is 2.61. The van der Waals surface area contributed by atoms with Crippen molar-refractivity contribution < 1.29 is 0 Å². The molecule has 356 valence electrons. The van der Waals surface area contributed by atoms with E-state index in [4.69, 9.17) is 9.97 Å². The maximum atomic E-state index is 5.61. The number of benzene rings is 10. The second-order valence-electron chi connectivity index (χ2n) is 20.7. The molecular weight excluding hydrogens is 921 g/mol. The maximum Gasteiger partial charge on any atom is 0.163 e. The van der Waals surface area contributed by atoms with Crippen molar-refractivity contribution >= 4 is 44.4 Å². The summed E-state index contributed by atoms with van der Waals surface area (Å²) in [5.41, 5.74) is 20.0. The number of allylic oxidation sites excluding steroid dienone is 1. The zero-order valence-electron chi connectivity index (χ0n) is 41.6. The Morgan fingerprint density at radius 3 is 1.51 bits per heavy atom. The first-order valence-electron chi connectivity index (χ1n) is 26.5. The van der Waals surface area contributed by atoms with E-state index in [1.165, 1.54) is 82.9 Å². The van der Waals surface area contributed by atoms with E-state index < -0.39 is 10.8 Å². The molecule has 0 N–H and O–H groups in total. The van der Waals surface area contributed by atoms with Crippen LogP contribution in [0.2, 0.25) is 0 Å². The Morgan fingerprint density at radius 2 is 0.868 bits per heavy atom. The van der Waals surface area contributed by atoms with Gasteiger partial charge in [0.05, 0.1) is 33.1 Å². The van der Waals surface area contributed by atoms with Gasteiger partial charge in [-0.05, 0) is 104 Å². The van der Waals surface area contributed by atoms with Crippen LogP contribution in [0.15, 0.2) is 267 Å². The summed E-state index contributed by atoms with van der Waals surface area (Å²) in [6.07, 6.45) is 3.36. The summed E-state index contributed by atoms with van der Waals surface area (Å²) in [5, 5.41) is 3.60. The molecule has 1 unspecified atom stereocenters. The first kappa shape index (κ1) is 42.8. The Kier molecular flexibility index (Phi) is 9.26. The van der Waals surface area contributed by atoms with E-state index in [2.05, 4.69) is 282 Å². The molecular formula is C72H48N4. The molecule has 0 aliphatic heterocycles. The van der Waals surface area contributed by atoms with Gasteiger partial charge in [-0.2, -0.15) is 0 Å². The Morgan fingerprint density at radius 1 is 0.368 bits per heavy atom. The van der Waals surface area contributed by atoms with Crippen molar-refractivity contribution in [2.24, 2.45) is 5.92 Å². The number of fused-ring (bicyclic) bond motifs is 12. The van der Waals surface area contributed by atoms with Gasteiger partial charge in [-0.15, -0.1) is 0 Å². The largest absolute Gasteiger partial charge is 0.294 e.